The van der Waals surface area contributed by atoms with Crippen molar-refractivity contribution in [3.63, 3.8) is 0 Å². The van der Waals surface area contributed by atoms with Crippen molar-refractivity contribution in [3.05, 3.63) is 15.3 Å². The molecule has 1 aromatic rings. The van der Waals surface area contributed by atoms with Crippen LogP contribution < -0.4 is 11.5 Å². The molecule has 10 nitrogen and oxygen atoms in total. The van der Waals surface area contributed by atoms with Gasteiger partial charge in [0.1, 0.15) is 11.5 Å². The van der Waals surface area contributed by atoms with Crippen molar-refractivity contribution in [2.45, 2.75) is 16.0 Å². The lowest BCUT2D eigenvalue weighted by Crippen LogP contribution is -2.52. The second-order valence-electron chi connectivity index (χ2n) is 5.67. The van der Waals surface area contributed by atoms with Crippen molar-refractivity contribution < 1.29 is 38.3 Å². The van der Waals surface area contributed by atoms with E-state index in [1.165, 1.54) is 6.07 Å². The Bertz CT molecular complexity index is 582. The molecular formula is C13H21ClN2O8S2. The molecule has 0 spiro atoms. The van der Waals surface area contributed by atoms with Gasteiger partial charge >= 0.3 is 5.97 Å². The zero-order chi connectivity index (χ0) is 20.0. The van der Waals surface area contributed by atoms with Crippen molar-refractivity contribution >= 4 is 40.0 Å². The molecule has 1 atom stereocenters. The number of nitrogens with two attached hydrogens (primary N) is 2. The van der Waals surface area contributed by atoms with Crippen LogP contribution in [-0.2, 0) is 20.0 Å². The molecule has 0 aliphatic rings. The predicted molar refractivity (Wildman–Crippen MR) is 94.2 cm³/mol. The van der Waals surface area contributed by atoms with Gasteiger partial charge < -0.3 is 36.6 Å². The molecule has 0 saturated carbocycles. The molecule has 1 heterocycles. The SMILES string of the molecule is NC(CO)(CO)COC(=O)c1sc(Cl)cc1S(=O)OCC(N)(CO)CO. The molecule has 0 amide bonds. The van der Waals surface area contributed by atoms with Gasteiger partial charge in [-0.3, -0.25) is 4.18 Å². The summed E-state index contributed by atoms with van der Waals surface area (Å²) in [6.07, 6.45) is 0. The maximum atomic E-state index is 12.3. The average Bonchev–Trinajstić information content (AvgIpc) is 3.05. The Balaban J connectivity index is 2.86. The second kappa shape index (κ2) is 10.0. The van der Waals surface area contributed by atoms with E-state index in [0.717, 1.165) is 11.3 Å². The van der Waals surface area contributed by atoms with Crippen LogP contribution in [0.25, 0.3) is 0 Å². The predicted octanol–water partition coefficient (Wildman–Crippen LogP) is -2.04. The average molecular weight is 433 g/mol. The first-order chi connectivity index (χ1) is 12.1. The Morgan fingerprint density at radius 2 is 1.62 bits per heavy atom. The largest absolute Gasteiger partial charge is 0.459 e. The van der Waals surface area contributed by atoms with E-state index in [4.69, 9.17) is 52.4 Å². The zero-order valence-electron chi connectivity index (χ0n) is 13.6. The summed E-state index contributed by atoms with van der Waals surface area (Å²) in [4.78, 5) is 12.0. The van der Waals surface area contributed by atoms with Crippen LogP contribution in [0.5, 0.6) is 0 Å². The minimum absolute atomic E-state index is 0.0844. The van der Waals surface area contributed by atoms with E-state index in [9.17, 15) is 9.00 Å². The third-order valence-electron chi connectivity index (χ3n) is 3.24. The Hall–Kier alpha value is -0.670. The van der Waals surface area contributed by atoms with Crippen LogP contribution in [0.1, 0.15) is 9.67 Å². The van der Waals surface area contributed by atoms with E-state index in [-0.39, 0.29) is 14.1 Å². The highest BCUT2D eigenvalue weighted by Gasteiger charge is 2.30. The zero-order valence-corrected chi connectivity index (χ0v) is 16.0. The van der Waals surface area contributed by atoms with Gasteiger partial charge in [-0.1, -0.05) is 11.6 Å². The number of thiophene rings is 1. The number of aliphatic hydroxyl groups is 4. The molecule has 1 unspecified atom stereocenters. The fourth-order valence-corrected chi connectivity index (χ4v) is 3.80. The molecule has 26 heavy (non-hydrogen) atoms. The molecule has 0 saturated heterocycles. The van der Waals surface area contributed by atoms with E-state index in [1.54, 1.807) is 0 Å². The fraction of sp³-hybridized carbons (Fsp3) is 0.615. The Morgan fingerprint density at radius 3 is 2.12 bits per heavy atom. The van der Waals surface area contributed by atoms with Gasteiger partial charge in [-0.05, 0) is 6.07 Å². The maximum absolute atomic E-state index is 12.3. The van der Waals surface area contributed by atoms with Crippen molar-refractivity contribution in [1.82, 2.24) is 0 Å². The Labute approximate surface area is 160 Å². The fourth-order valence-electron chi connectivity index (χ4n) is 1.40. The molecule has 0 fully saturated rings. The maximum Gasteiger partial charge on any atom is 0.349 e. The summed E-state index contributed by atoms with van der Waals surface area (Å²) in [6.45, 7) is -3.39. The monoisotopic (exact) mass is 432 g/mol. The Morgan fingerprint density at radius 1 is 1.12 bits per heavy atom. The van der Waals surface area contributed by atoms with E-state index in [2.05, 4.69) is 0 Å². The molecule has 0 aliphatic heterocycles. The van der Waals surface area contributed by atoms with Crippen LogP contribution in [0, 0.1) is 0 Å². The summed E-state index contributed by atoms with van der Waals surface area (Å²) in [5.74, 6) is -0.922. The number of carbonyl (C=O) groups is 1. The van der Waals surface area contributed by atoms with Crippen LogP contribution in [0.3, 0.4) is 0 Å². The van der Waals surface area contributed by atoms with Crippen LogP contribution in [0.4, 0.5) is 0 Å². The molecule has 0 aromatic carbocycles. The summed E-state index contributed by atoms with van der Waals surface area (Å²) in [5.41, 5.74) is 8.20. The van der Waals surface area contributed by atoms with E-state index in [1.807, 2.05) is 0 Å². The highest BCUT2D eigenvalue weighted by atomic mass is 35.5. The summed E-state index contributed by atoms with van der Waals surface area (Å²) >= 11 is 4.46. The van der Waals surface area contributed by atoms with Gasteiger partial charge in [0.2, 0.25) is 0 Å². The first-order valence-electron chi connectivity index (χ1n) is 7.16. The highest BCUT2D eigenvalue weighted by Crippen LogP contribution is 2.30. The number of esters is 1. The van der Waals surface area contributed by atoms with Gasteiger partial charge in [0, 0.05) is 0 Å². The van der Waals surface area contributed by atoms with Gasteiger partial charge in [-0.15, -0.1) is 11.3 Å². The molecule has 1 aromatic heterocycles. The number of carbonyl (C=O) groups excluding carboxylic acids is 1. The quantitative estimate of drug-likeness (QED) is 0.213. The number of ether oxygens (including phenoxy) is 1. The topological polar surface area (TPSA) is 186 Å². The lowest BCUT2D eigenvalue weighted by Gasteiger charge is -2.24. The first kappa shape index (κ1) is 23.4. The van der Waals surface area contributed by atoms with Gasteiger partial charge in [-0.25, -0.2) is 9.00 Å². The molecule has 1 rings (SSSR count). The van der Waals surface area contributed by atoms with Gasteiger partial charge in [0.25, 0.3) is 0 Å². The van der Waals surface area contributed by atoms with Crippen molar-refractivity contribution in [1.29, 1.82) is 0 Å². The van der Waals surface area contributed by atoms with Gasteiger partial charge in [-0.2, -0.15) is 0 Å². The minimum atomic E-state index is -2.18. The molecular weight excluding hydrogens is 412 g/mol. The van der Waals surface area contributed by atoms with Crippen LogP contribution in [0.2, 0.25) is 4.34 Å². The van der Waals surface area contributed by atoms with E-state index < -0.39 is 67.8 Å². The number of hydrogen-bond acceptors (Lipinski definition) is 11. The number of aliphatic hydroxyl groups excluding tert-OH is 4. The van der Waals surface area contributed by atoms with E-state index >= 15 is 0 Å². The lowest BCUT2D eigenvalue weighted by atomic mass is 10.1. The minimum Gasteiger partial charge on any atom is -0.459 e. The second-order valence-corrected chi connectivity index (χ2v) is 8.50. The number of rotatable bonds is 11. The van der Waals surface area contributed by atoms with Gasteiger partial charge in [0.15, 0.2) is 11.1 Å². The number of halogens is 1. The molecule has 13 heteroatoms. The van der Waals surface area contributed by atoms with Crippen molar-refractivity contribution in [2.24, 2.45) is 11.5 Å². The third-order valence-corrected chi connectivity index (χ3v) is 5.62. The van der Waals surface area contributed by atoms with Crippen molar-refractivity contribution in [3.8, 4) is 0 Å². The van der Waals surface area contributed by atoms with Crippen LogP contribution >= 0.6 is 22.9 Å². The van der Waals surface area contributed by atoms with Crippen LogP contribution in [-0.4, -0.2) is 81.3 Å². The molecule has 0 aliphatic carbocycles. The van der Waals surface area contributed by atoms with Crippen LogP contribution in [0.15, 0.2) is 11.0 Å². The molecule has 150 valence electrons. The number of hydrogen-bond donors (Lipinski definition) is 6. The standard InChI is InChI=1S/C13H21ClN2O8S2/c14-9-1-8(26(22)24-7-13(16,4-19)5-20)10(25-9)11(21)23-6-12(15,2-17)3-18/h1,17-20H,2-7,15-16H2. The molecule has 8 N–H and O–H groups in total. The van der Waals surface area contributed by atoms with Crippen molar-refractivity contribution in [2.75, 3.05) is 39.6 Å². The first-order valence-corrected chi connectivity index (χ1v) is 9.43. The summed E-state index contributed by atoms with van der Waals surface area (Å²) in [5, 5.41) is 36.4. The van der Waals surface area contributed by atoms with E-state index in [0.29, 0.717) is 0 Å². The molecule has 0 bridgehead atoms. The smallest absolute Gasteiger partial charge is 0.349 e. The lowest BCUT2D eigenvalue weighted by molar-refractivity contribution is 0.0211. The Kier molecular flexibility index (Phi) is 9.02. The summed E-state index contributed by atoms with van der Waals surface area (Å²) < 4.78 is 22.4. The normalized spacial score (nSPS) is 13.7. The third kappa shape index (κ3) is 6.20. The summed E-state index contributed by atoms with van der Waals surface area (Å²) in [7, 11) is 0. The van der Waals surface area contributed by atoms with Gasteiger partial charge in [0.05, 0.1) is 53.3 Å². The molecule has 0 radical (unpaired) electrons. The highest BCUT2D eigenvalue weighted by molar-refractivity contribution is 7.80. The summed E-state index contributed by atoms with van der Waals surface area (Å²) in [6, 6.07) is 1.24.